The van der Waals surface area contributed by atoms with Crippen molar-refractivity contribution in [1.29, 1.82) is 0 Å². The number of carbonyl (C=O) groups excluding carboxylic acids is 3. The number of hydrogen-bond acceptors (Lipinski definition) is 10. The molecule has 31 heavy (non-hydrogen) atoms. The molecule has 0 amide bonds. The van der Waals surface area contributed by atoms with Gasteiger partial charge in [0.2, 0.25) is 0 Å². The largest absolute Gasteiger partial charge is 0.466 e. The van der Waals surface area contributed by atoms with Gasteiger partial charge in [-0.05, 0) is 19.4 Å². The first-order chi connectivity index (χ1) is 14.6. The van der Waals surface area contributed by atoms with Gasteiger partial charge in [0.1, 0.15) is 6.10 Å². The number of aromatic amines is 1. The fourth-order valence-electron chi connectivity index (χ4n) is 3.09. The first-order valence-electron chi connectivity index (χ1n) is 9.13. The molecule has 1 saturated heterocycles. The molecule has 0 aliphatic carbocycles. The Morgan fingerprint density at radius 1 is 1.26 bits per heavy atom. The molecule has 1 N–H and O–H groups in total. The van der Waals surface area contributed by atoms with Gasteiger partial charge in [0.05, 0.1) is 6.61 Å². The van der Waals surface area contributed by atoms with E-state index in [2.05, 4.69) is 15.0 Å². The Labute approximate surface area is 174 Å². The van der Waals surface area contributed by atoms with E-state index in [1.165, 1.54) is 13.8 Å². The molecule has 0 bridgehead atoms. The lowest BCUT2D eigenvalue weighted by Gasteiger charge is -2.25. The summed E-state index contributed by atoms with van der Waals surface area (Å²) in [5.41, 5.74) is 7.48. The van der Waals surface area contributed by atoms with Crippen molar-refractivity contribution < 1.29 is 33.3 Å². The third-order valence-corrected chi connectivity index (χ3v) is 4.26. The quantitative estimate of drug-likeness (QED) is 0.198. The molecular formula is C17H21N5O9. The lowest BCUT2D eigenvalue weighted by Crippen LogP contribution is -2.46. The fourth-order valence-corrected chi connectivity index (χ4v) is 3.09. The summed E-state index contributed by atoms with van der Waals surface area (Å²) < 4.78 is 22.0. The number of hydrogen-bond donors (Lipinski definition) is 1. The van der Waals surface area contributed by atoms with Crippen LogP contribution in [0.2, 0.25) is 0 Å². The molecule has 1 aromatic heterocycles. The van der Waals surface area contributed by atoms with Crippen LogP contribution in [0.15, 0.2) is 20.9 Å². The highest BCUT2D eigenvalue weighted by atomic mass is 16.6. The second kappa shape index (κ2) is 9.91. The summed E-state index contributed by atoms with van der Waals surface area (Å²) in [5, 5.41) is 3.38. The molecule has 1 aromatic rings. The minimum Gasteiger partial charge on any atom is -0.466 e. The van der Waals surface area contributed by atoms with Crippen LogP contribution in [0.25, 0.3) is 10.4 Å². The summed E-state index contributed by atoms with van der Waals surface area (Å²) in [7, 11) is 0. The molecular weight excluding hydrogens is 418 g/mol. The SMILES string of the molecule is CCOC(=O)[C@@H](N=[N+]=[N-])[C@H]1O[C@@H](n2cc(C)c(=O)[nH]c2=O)[C@H](OC(C)=O)[C@@H]1OC(C)=O. The van der Waals surface area contributed by atoms with Crippen molar-refractivity contribution in [1.82, 2.24) is 9.55 Å². The third-order valence-electron chi connectivity index (χ3n) is 4.26. The fraction of sp³-hybridized carbons (Fsp3) is 0.588. The highest BCUT2D eigenvalue weighted by Crippen LogP contribution is 2.36. The zero-order chi connectivity index (χ0) is 23.3. The van der Waals surface area contributed by atoms with Crippen LogP contribution in [-0.2, 0) is 33.3 Å². The van der Waals surface area contributed by atoms with Gasteiger partial charge < -0.3 is 18.9 Å². The van der Waals surface area contributed by atoms with Crippen LogP contribution >= 0.6 is 0 Å². The van der Waals surface area contributed by atoms with Gasteiger partial charge in [-0.1, -0.05) is 5.11 Å². The molecule has 5 atom stereocenters. The highest BCUT2D eigenvalue weighted by Gasteiger charge is 2.54. The summed E-state index contributed by atoms with van der Waals surface area (Å²) in [6.07, 6.45) is -4.59. The Hall–Kier alpha value is -3.64. The molecule has 0 unspecified atom stereocenters. The number of azide groups is 1. The number of carbonyl (C=O) groups is 3. The Morgan fingerprint density at radius 3 is 2.42 bits per heavy atom. The van der Waals surface area contributed by atoms with E-state index >= 15 is 0 Å². The van der Waals surface area contributed by atoms with E-state index in [1.54, 1.807) is 0 Å². The smallest absolute Gasteiger partial charge is 0.330 e. The zero-order valence-corrected chi connectivity index (χ0v) is 17.1. The molecule has 168 valence electrons. The normalized spacial score (nSPS) is 23.4. The summed E-state index contributed by atoms with van der Waals surface area (Å²) >= 11 is 0. The van der Waals surface area contributed by atoms with Gasteiger partial charge in [0, 0.05) is 30.5 Å². The van der Waals surface area contributed by atoms with Gasteiger partial charge in [0.25, 0.3) is 5.56 Å². The summed E-state index contributed by atoms with van der Waals surface area (Å²) in [4.78, 5) is 64.6. The second-order valence-corrected chi connectivity index (χ2v) is 6.52. The van der Waals surface area contributed by atoms with Crippen LogP contribution in [0.4, 0.5) is 0 Å². The monoisotopic (exact) mass is 439 g/mol. The maximum atomic E-state index is 12.4. The number of rotatable bonds is 7. The van der Waals surface area contributed by atoms with Crippen LogP contribution in [0, 0.1) is 6.92 Å². The number of nitrogens with one attached hydrogen (secondary N) is 1. The number of ether oxygens (including phenoxy) is 4. The number of H-pyrrole nitrogens is 1. The maximum Gasteiger partial charge on any atom is 0.330 e. The van der Waals surface area contributed by atoms with Gasteiger partial charge in [-0.3, -0.25) is 28.7 Å². The first kappa shape index (κ1) is 23.6. The van der Waals surface area contributed by atoms with Crippen molar-refractivity contribution in [2.45, 2.75) is 58.3 Å². The van der Waals surface area contributed by atoms with E-state index in [0.717, 1.165) is 24.6 Å². The minimum absolute atomic E-state index is 0.0450. The topological polar surface area (TPSA) is 192 Å². The van der Waals surface area contributed by atoms with Gasteiger partial charge in [-0.25, -0.2) is 4.79 Å². The molecule has 0 saturated carbocycles. The zero-order valence-electron chi connectivity index (χ0n) is 17.1. The van der Waals surface area contributed by atoms with Crippen LogP contribution in [0.1, 0.15) is 32.6 Å². The molecule has 1 aliphatic rings. The average Bonchev–Trinajstić information content (AvgIpc) is 2.99. The van der Waals surface area contributed by atoms with Crippen LogP contribution < -0.4 is 11.2 Å². The van der Waals surface area contributed by atoms with Crippen LogP contribution in [0.3, 0.4) is 0 Å². The number of esters is 3. The van der Waals surface area contributed by atoms with Crippen molar-refractivity contribution in [3.63, 3.8) is 0 Å². The summed E-state index contributed by atoms with van der Waals surface area (Å²) in [5.74, 6) is -2.60. The molecule has 14 heteroatoms. The summed E-state index contributed by atoms with van der Waals surface area (Å²) in [6, 6.07) is -1.63. The van der Waals surface area contributed by atoms with Gasteiger partial charge in [-0.2, -0.15) is 0 Å². The molecule has 2 rings (SSSR count). The van der Waals surface area contributed by atoms with E-state index < -0.39 is 59.7 Å². The van der Waals surface area contributed by atoms with E-state index in [4.69, 9.17) is 24.5 Å². The van der Waals surface area contributed by atoms with Crippen molar-refractivity contribution in [3.8, 4) is 0 Å². The highest BCUT2D eigenvalue weighted by molar-refractivity contribution is 5.77. The Kier molecular flexibility index (Phi) is 7.56. The van der Waals surface area contributed by atoms with Crippen molar-refractivity contribution in [2.75, 3.05) is 6.61 Å². The number of nitrogens with zero attached hydrogens (tertiary/aromatic N) is 4. The Morgan fingerprint density at radius 2 is 1.87 bits per heavy atom. The third kappa shape index (κ3) is 5.29. The predicted octanol–water partition coefficient (Wildman–Crippen LogP) is -0.152. The second-order valence-electron chi connectivity index (χ2n) is 6.52. The molecule has 1 aliphatic heterocycles. The standard InChI is InChI=1S/C17H21N5O9/c1-5-28-16(26)10(20-21-18)11-12(29-8(3)23)13(30-9(4)24)15(31-11)22-6-7(2)14(25)19-17(22)27/h6,10-13,15H,5H2,1-4H3,(H,19,25,27)/t10-,11+,12+,13+,15+/m0/s1. The van der Waals surface area contributed by atoms with Crippen molar-refractivity contribution >= 4 is 17.9 Å². The van der Waals surface area contributed by atoms with Crippen molar-refractivity contribution in [2.24, 2.45) is 5.11 Å². The van der Waals surface area contributed by atoms with Crippen molar-refractivity contribution in [3.05, 3.63) is 43.0 Å². The van der Waals surface area contributed by atoms with Crippen LogP contribution in [-0.4, -0.2) is 58.4 Å². The van der Waals surface area contributed by atoms with E-state index in [0.29, 0.717) is 0 Å². The maximum absolute atomic E-state index is 12.4. The lowest BCUT2D eigenvalue weighted by molar-refractivity contribution is -0.166. The lowest BCUT2D eigenvalue weighted by atomic mass is 10.0. The average molecular weight is 439 g/mol. The molecule has 14 nitrogen and oxygen atoms in total. The molecule has 1 fully saturated rings. The number of aromatic nitrogens is 2. The van der Waals surface area contributed by atoms with Gasteiger partial charge >= 0.3 is 23.6 Å². The van der Waals surface area contributed by atoms with E-state index in [9.17, 15) is 24.0 Å². The molecule has 0 aromatic carbocycles. The molecule has 0 spiro atoms. The Balaban J connectivity index is 2.64. The van der Waals surface area contributed by atoms with Crippen LogP contribution in [0.5, 0.6) is 0 Å². The van der Waals surface area contributed by atoms with E-state index in [-0.39, 0.29) is 12.2 Å². The number of aryl methyl sites for hydroxylation is 1. The first-order valence-corrected chi connectivity index (χ1v) is 9.13. The molecule has 0 radical (unpaired) electrons. The molecule has 2 heterocycles. The summed E-state index contributed by atoms with van der Waals surface area (Å²) in [6.45, 7) is 5.05. The van der Waals surface area contributed by atoms with E-state index in [1.807, 2.05) is 0 Å². The van der Waals surface area contributed by atoms with Gasteiger partial charge in [0.15, 0.2) is 24.5 Å². The van der Waals surface area contributed by atoms with Gasteiger partial charge in [-0.15, -0.1) is 0 Å². The Bertz CT molecular complexity index is 1030. The predicted molar refractivity (Wildman–Crippen MR) is 101 cm³/mol. The minimum atomic E-state index is -1.63.